The zero-order valence-electron chi connectivity index (χ0n) is 15.7. The minimum absolute atomic E-state index is 0.263. The van der Waals surface area contributed by atoms with Crippen LogP contribution in [0.15, 0.2) is 60.8 Å². The third-order valence-electron chi connectivity index (χ3n) is 4.54. The van der Waals surface area contributed by atoms with Crippen LogP contribution in [0.3, 0.4) is 0 Å². The van der Waals surface area contributed by atoms with Crippen LogP contribution in [0, 0.1) is 0 Å². The van der Waals surface area contributed by atoms with Gasteiger partial charge in [-0.05, 0) is 48.7 Å². The third kappa shape index (κ3) is 5.12. The molecule has 2 aromatic carbocycles. The molecule has 0 saturated heterocycles. The summed E-state index contributed by atoms with van der Waals surface area (Å²) in [6.45, 7) is 2.20. The SMILES string of the molecule is CCCCCc1ccc(-c2ccc(C(=O)Nc3c(Cl)cccc3Cl)cc2)nc1. The van der Waals surface area contributed by atoms with Crippen molar-refractivity contribution < 1.29 is 4.79 Å². The van der Waals surface area contributed by atoms with E-state index in [4.69, 9.17) is 23.2 Å². The fourth-order valence-corrected chi connectivity index (χ4v) is 3.41. The number of hydrogen-bond donors (Lipinski definition) is 1. The molecule has 144 valence electrons. The van der Waals surface area contributed by atoms with Crippen LogP contribution in [-0.2, 0) is 6.42 Å². The Bertz CT molecular complexity index is 918. The monoisotopic (exact) mass is 412 g/mol. The van der Waals surface area contributed by atoms with E-state index in [0.29, 0.717) is 21.3 Å². The Morgan fingerprint density at radius 1 is 0.964 bits per heavy atom. The highest BCUT2D eigenvalue weighted by molar-refractivity contribution is 6.40. The number of halogens is 2. The number of carbonyl (C=O) groups excluding carboxylic acids is 1. The largest absolute Gasteiger partial charge is 0.319 e. The first-order chi connectivity index (χ1) is 13.6. The van der Waals surface area contributed by atoms with Crippen molar-refractivity contribution in [2.75, 3.05) is 5.32 Å². The maximum atomic E-state index is 12.5. The Morgan fingerprint density at radius 3 is 2.29 bits per heavy atom. The van der Waals surface area contributed by atoms with Crippen molar-refractivity contribution >= 4 is 34.8 Å². The van der Waals surface area contributed by atoms with Gasteiger partial charge < -0.3 is 5.32 Å². The molecular weight excluding hydrogens is 391 g/mol. The molecule has 0 bridgehead atoms. The number of aromatic nitrogens is 1. The van der Waals surface area contributed by atoms with E-state index in [1.807, 2.05) is 24.4 Å². The summed E-state index contributed by atoms with van der Waals surface area (Å²) in [5.41, 5.74) is 4.05. The lowest BCUT2D eigenvalue weighted by molar-refractivity contribution is 0.102. The quantitative estimate of drug-likeness (QED) is 0.422. The molecule has 3 aromatic rings. The molecule has 0 aliphatic carbocycles. The van der Waals surface area contributed by atoms with E-state index in [2.05, 4.69) is 23.3 Å². The van der Waals surface area contributed by atoms with Gasteiger partial charge in [-0.3, -0.25) is 9.78 Å². The molecule has 0 aliphatic rings. The summed E-state index contributed by atoms with van der Waals surface area (Å²) >= 11 is 12.2. The van der Waals surface area contributed by atoms with Crippen molar-refractivity contribution in [3.63, 3.8) is 0 Å². The van der Waals surface area contributed by atoms with E-state index in [1.165, 1.54) is 24.8 Å². The number of carbonyl (C=O) groups is 1. The van der Waals surface area contributed by atoms with E-state index < -0.39 is 0 Å². The second-order valence-electron chi connectivity index (χ2n) is 6.64. The summed E-state index contributed by atoms with van der Waals surface area (Å²) in [5.74, 6) is -0.263. The minimum Gasteiger partial charge on any atom is -0.319 e. The molecule has 0 spiro atoms. The zero-order valence-corrected chi connectivity index (χ0v) is 17.2. The summed E-state index contributed by atoms with van der Waals surface area (Å²) in [5, 5.41) is 3.57. The molecule has 0 fully saturated rings. The average Bonchev–Trinajstić information content (AvgIpc) is 2.71. The van der Waals surface area contributed by atoms with Gasteiger partial charge in [0.05, 0.1) is 21.4 Å². The predicted molar refractivity (Wildman–Crippen MR) is 117 cm³/mol. The normalized spacial score (nSPS) is 10.7. The summed E-state index contributed by atoms with van der Waals surface area (Å²) in [6, 6.07) is 16.6. The molecule has 1 aromatic heterocycles. The van der Waals surface area contributed by atoms with Gasteiger partial charge in [-0.1, -0.05) is 67.2 Å². The molecule has 0 aliphatic heterocycles. The first-order valence-electron chi connectivity index (χ1n) is 9.39. The second-order valence-corrected chi connectivity index (χ2v) is 7.45. The van der Waals surface area contributed by atoms with Gasteiger partial charge in [-0.2, -0.15) is 0 Å². The summed E-state index contributed by atoms with van der Waals surface area (Å²) < 4.78 is 0. The van der Waals surface area contributed by atoms with Crippen molar-refractivity contribution in [2.24, 2.45) is 0 Å². The maximum Gasteiger partial charge on any atom is 0.255 e. The van der Waals surface area contributed by atoms with Crippen LogP contribution < -0.4 is 5.32 Å². The third-order valence-corrected chi connectivity index (χ3v) is 5.17. The van der Waals surface area contributed by atoms with Gasteiger partial charge in [0.15, 0.2) is 0 Å². The highest BCUT2D eigenvalue weighted by Crippen LogP contribution is 2.30. The van der Waals surface area contributed by atoms with Gasteiger partial charge in [0.2, 0.25) is 0 Å². The first-order valence-corrected chi connectivity index (χ1v) is 10.1. The molecule has 0 atom stereocenters. The van der Waals surface area contributed by atoms with Crippen molar-refractivity contribution in [1.82, 2.24) is 4.98 Å². The van der Waals surface area contributed by atoms with Crippen LogP contribution in [0.2, 0.25) is 10.0 Å². The van der Waals surface area contributed by atoms with Crippen molar-refractivity contribution in [2.45, 2.75) is 32.6 Å². The minimum atomic E-state index is -0.263. The van der Waals surface area contributed by atoms with Gasteiger partial charge in [-0.15, -0.1) is 0 Å². The fraction of sp³-hybridized carbons (Fsp3) is 0.217. The lowest BCUT2D eigenvalue weighted by Crippen LogP contribution is -2.12. The zero-order chi connectivity index (χ0) is 19.9. The Hall–Kier alpha value is -2.36. The van der Waals surface area contributed by atoms with Gasteiger partial charge in [-0.25, -0.2) is 0 Å². The Kier molecular flexibility index (Phi) is 7.07. The molecule has 0 radical (unpaired) electrons. The standard InChI is InChI=1S/C23H22Cl2N2O/c1-2-3-4-6-16-9-14-21(26-15-16)17-10-12-18(13-11-17)23(28)27-22-19(24)7-5-8-20(22)25/h5,7-15H,2-4,6H2,1H3,(H,27,28). The molecule has 3 nitrogen and oxygen atoms in total. The molecule has 3 rings (SSSR count). The van der Waals surface area contributed by atoms with Crippen molar-refractivity contribution in [1.29, 1.82) is 0 Å². The maximum absolute atomic E-state index is 12.5. The van der Waals surface area contributed by atoms with Crippen molar-refractivity contribution in [3.05, 3.63) is 82.0 Å². The molecule has 28 heavy (non-hydrogen) atoms. The number of benzene rings is 2. The Labute approximate surface area is 175 Å². The highest BCUT2D eigenvalue weighted by atomic mass is 35.5. The van der Waals surface area contributed by atoms with E-state index in [9.17, 15) is 4.79 Å². The highest BCUT2D eigenvalue weighted by Gasteiger charge is 2.12. The number of nitrogens with one attached hydrogen (secondary N) is 1. The molecule has 1 heterocycles. The summed E-state index contributed by atoms with van der Waals surface area (Å²) in [7, 11) is 0. The van der Waals surface area contributed by atoms with Crippen LogP contribution >= 0.6 is 23.2 Å². The van der Waals surface area contributed by atoms with Gasteiger partial charge >= 0.3 is 0 Å². The van der Waals surface area contributed by atoms with E-state index in [0.717, 1.165) is 17.7 Å². The first kappa shape index (κ1) is 20.4. The van der Waals surface area contributed by atoms with E-state index in [1.54, 1.807) is 30.3 Å². The lowest BCUT2D eigenvalue weighted by atomic mass is 10.1. The van der Waals surface area contributed by atoms with Crippen LogP contribution in [-0.4, -0.2) is 10.9 Å². The lowest BCUT2D eigenvalue weighted by Gasteiger charge is -2.09. The van der Waals surface area contributed by atoms with Crippen LogP contribution in [0.5, 0.6) is 0 Å². The van der Waals surface area contributed by atoms with E-state index >= 15 is 0 Å². The van der Waals surface area contributed by atoms with Gasteiger partial charge in [0, 0.05) is 17.3 Å². The molecular formula is C23H22Cl2N2O. The average molecular weight is 413 g/mol. The number of rotatable bonds is 7. The smallest absolute Gasteiger partial charge is 0.255 e. The Balaban J connectivity index is 1.68. The number of aryl methyl sites for hydroxylation is 1. The second kappa shape index (κ2) is 9.72. The Morgan fingerprint density at radius 2 is 1.68 bits per heavy atom. The number of para-hydroxylation sites is 1. The molecule has 1 N–H and O–H groups in total. The van der Waals surface area contributed by atoms with Gasteiger partial charge in [0.25, 0.3) is 5.91 Å². The number of pyridine rings is 1. The van der Waals surface area contributed by atoms with Crippen LogP contribution in [0.25, 0.3) is 11.3 Å². The summed E-state index contributed by atoms with van der Waals surface area (Å²) in [6.07, 6.45) is 6.64. The number of unbranched alkanes of at least 4 members (excludes halogenated alkanes) is 2. The predicted octanol–water partition coefficient (Wildman–Crippen LogP) is 7.04. The van der Waals surface area contributed by atoms with E-state index in [-0.39, 0.29) is 5.91 Å². The van der Waals surface area contributed by atoms with Crippen LogP contribution in [0.1, 0.15) is 42.1 Å². The topological polar surface area (TPSA) is 42.0 Å². The molecule has 0 unspecified atom stereocenters. The van der Waals surface area contributed by atoms with Crippen LogP contribution in [0.4, 0.5) is 5.69 Å². The number of amides is 1. The number of nitrogens with zero attached hydrogens (tertiary/aromatic N) is 1. The van der Waals surface area contributed by atoms with Gasteiger partial charge in [0.1, 0.15) is 0 Å². The number of hydrogen-bond acceptors (Lipinski definition) is 2. The fourth-order valence-electron chi connectivity index (χ4n) is 2.92. The van der Waals surface area contributed by atoms with Crippen molar-refractivity contribution in [3.8, 4) is 11.3 Å². The molecule has 1 amide bonds. The summed E-state index contributed by atoms with van der Waals surface area (Å²) in [4.78, 5) is 17.0. The number of anilines is 1. The molecule has 5 heteroatoms. The molecule has 0 saturated carbocycles.